The van der Waals surface area contributed by atoms with Gasteiger partial charge in [-0.05, 0) is 67.6 Å². The summed E-state index contributed by atoms with van der Waals surface area (Å²) in [5, 5.41) is 17.0. The average molecular weight is 513 g/mol. The van der Waals surface area contributed by atoms with Crippen molar-refractivity contribution in [3.05, 3.63) is 94.3 Å². The number of hydrogen-bond acceptors (Lipinski definition) is 7. The SMILES string of the molecule is Cc1ccc(C2C(C(=O)c3cc4cc(Cl)ccc4o3)=C(O)C(=O)N2c2ccc(S(N)(=O)=O)cc2)o1. The number of hydrogen-bond donors (Lipinski definition) is 2. The van der Waals surface area contributed by atoms with E-state index < -0.39 is 33.5 Å². The van der Waals surface area contributed by atoms with Crippen molar-refractivity contribution in [2.24, 2.45) is 5.14 Å². The average Bonchev–Trinajstić information content (AvgIpc) is 3.49. The number of nitrogens with two attached hydrogens (primary N) is 1. The highest BCUT2D eigenvalue weighted by atomic mass is 35.5. The predicted molar refractivity (Wildman–Crippen MR) is 127 cm³/mol. The molecule has 1 amide bonds. The number of carbonyl (C=O) groups is 2. The zero-order valence-electron chi connectivity index (χ0n) is 18.1. The maximum atomic E-state index is 13.5. The largest absolute Gasteiger partial charge is 0.503 e. The molecule has 2 aromatic carbocycles. The van der Waals surface area contributed by atoms with E-state index in [0.29, 0.717) is 21.8 Å². The number of aliphatic hydroxyl groups is 1. The van der Waals surface area contributed by atoms with E-state index >= 15 is 0 Å². The van der Waals surface area contributed by atoms with Gasteiger partial charge in [-0.15, -0.1) is 0 Å². The lowest BCUT2D eigenvalue weighted by Crippen LogP contribution is -2.30. The molecule has 9 nitrogen and oxygen atoms in total. The van der Waals surface area contributed by atoms with E-state index in [-0.39, 0.29) is 27.7 Å². The van der Waals surface area contributed by atoms with Gasteiger partial charge >= 0.3 is 0 Å². The minimum absolute atomic E-state index is 0.101. The fourth-order valence-corrected chi connectivity index (χ4v) is 4.72. The van der Waals surface area contributed by atoms with Gasteiger partial charge in [0.25, 0.3) is 5.91 Å². The Morgan fingerprint density at radius 2 is 1.77 bits per heavy atom. The van der Waals surface area contributed by atoms with Gasteiger partial charge < -0.3 is 13.9 Å². The Kier molecular flexibility index (Phi) is 5.32. The van der Waals surface area contributed by atoms with Crippen LogP contribution in [0.15, 0.2) is 85.7 Å². The van der Waals surface area contributed by atoms with Crippen LogP contribution in [-0.2, 0) is 14.8 Å². The third-order valence-corrected chi connectivity index (χ3v) is 6.79. The third-order valence-electron chi connectivity index (χ3n) is 5.63. The summed E-state index contributed by atoms with van der Waals surface area (Å²) < 4.78 is 34.7. The summed E-state index contributed by atoms with van der Waals surface area (Å²) >= 11 is 6.02. The molecule has 1 aliphatic heterocycles. The van der Waals surface area contributed by atoms with E-state index in [1.54, 1.807) is 37.3 Å². The number of furan rings is 2. The second-order valence-electron chi connectivity index (χ2n) is 7.95. The first-order valence-corrected chi connectivity index (χ1v) is 12.2. The molecule has 1 unspecified atom stereocenters. The van der Waals surface area contributed by atoms with Crippen LogP contribution in [0, 0.1) is 6.92 Å². The van der Waals surface area contributed by atoms with E-state index in [2.05, 4.69) is 0 Å². The van der Waals surface area contributed by atoms with Crippen molar-refractivity contribution in [3.8, 4) is 0 Å². The van der Waals surface area contributed by atoms with Crippen LogP contribution in [0.4, 0.5) is 5.69 Å². The number of Topliss-reactive ketones (excluding diaryl/α,β-unsaturated/α-hetero) is 1. The number of aliphatic hydroxyl groups excluding tert-OH is 1. The fraction of sp³-hybridized carbons (Fsp3) is 0.0833. The monoisotopic (exact) mass is 512 g/mol. The summed E-state index contributed by atoms with van der Waals surface area (Å²) in [5.41, 5.74) is 0.375. The van der Waals surface area contributed by atoms with Gasteiger partial charge in [0.2, 0.25) is 15.8 Å². The van der Waals surface area contributed by atoms with E-state index in [1.165, 1.54) is 30.3 Å². The first kappa shape index (κ1) is 22.9. The van der Waals surface area contributed by atoms with Gasteiger partial charge in [-0.2, -0.15) is 0 Å². The number of aryl methyl sites for hydroxylation is 1. The molecule has 0 aliphatic carbocycles. The van der Waals surface area contributed by atoms with Crippen molar-refractivity contribution < 1.29 is 31.9 Å². The van der Waals surface area contributed by atoms with Crippen LogP contribution >= 0.6 is 11.6 Å². The molecule has 35 heavy (non-hydrogen) atoms. The van der Waals surface area contributed by atoms with Crippen LogP contribution in [-0.4, -0.2) is 25.2 Å². The Morgan fingerprint density at radius 3 is 2.40 bits per heavy atom. The molecule has 0 spiro atoms. The minimum Gasteiger partial charge on any atom is -0.503 e. The molecule has 0 saturated carbocycles. The Morgan fingerprint density at radius 1 is 1.06 bits per heavy atom. The minimum atomic E-state index is -3.96. The van der Waals surface area contributed by atoms with Gasteiger partial charge in [0.15, 0.2) is 11.5 Å². The van der Waals surface area contributed by atoms with Gasteiger partial charge in [0.1, 0.15) is 23.1 Å². The van der Waals surface area contributed by atoms with Crippen molar-refractivity contribution in [2.45, 2.75) is 17.9 Å². The molecule has 3 N–H and O–H groups in total. The highest BCUT2D eigenvalue weighted by molar-refractivity contribution is 7.89. The molecule has 1 atom stereocenters. The van der Waals surface area contributed by atoms with Crippen molar-refractivity contribution >= 4 is 50.0 Å². The zero-order chi connectivity index (χ0) is 25.1. The molecule has 2 aromatic heterocycles. The Bertz CT molecular complexity index is 1650. The molecule has 178 valence electrons. The maximum Gasteiger partial charge on any atom is 0.294 e. The van der Waals surface area contributed by atoms with E-state index in [0.717, 1.165) is 4.90 Å². The van der Waals surface area contributed by atoms with Crippen LogP contribution in [0.1, 0.15) is 28.1 Å². The second-order valence-corrected chi connectivity index (χ2v) is 9.95. The molecule has 0 radical (unpaired) electrons. The van der Waals surface area contributed by atoms with Crippen LogP contribution in [0.5, 0.6) is 0 Å². The predicted octanol–water partition coefficient (Wildman–Crippen LogP) is 4.42. The van der Waals surface area contributed by atoms with Crippen molar-refractivity contribution in [1.82, 2.24) is 0 Å². The molecule has 4 aromatic rings. The molecular formula is C24H17ClN2O7S. The number of carbonyl (C=O) groups excluding carboxylic acids is 2. The topological polar surface area (TPSA) is 144 Å². The standard InChI is InChI=1S/C24H17ClN2O7S/c1-12-2-8-18(33-12)21-20(22(28)19-11-13-10-14(25)3-9-17(13)34-19)23(29)24(30)27(21)15-4-6-16(7-5-15)35(26,31)32/h2-11,21,29H,1H3,(H2,26,31,32). The fourth-order valence-electron chi connectivity index (χ4n) is 4.03. The Labute approximate surface area is 204 Å². The Hall–Kier alpha value is -3.86. The number of benzene rings is 2. The summed E-state index contributed by atoms with van der Waals surface area (Å²) in [7, 11) is -3.96. The van der Waals surface area contributed by atoms with Gasteiger partial charge in [-0.25, -0.2) is 13.6 Å². The van der Waals surface area contributed by atoms with Crippen LogP contribution in [0.3, 0.4) is 0 Å². The number of rotatable bonds is 5. The van der Waals surface area contributed by atoms with Gasteiger partial charge in [-0.1, -0.05) is 11.6 Å². The lowest BCUT2D eigenvalue weighted by Gasteiger charge is -2.25. The number of fused-ring (bicyclic) bond motifs is 1. The molecule has 11 heteroatoms. The van der Waals surface area contributed by atoms with Crippen molar-refractivity contribution in [1.29, 1.82) is 0 Å². The molecule has 0 saturated heterocycles. The molecule has 0 fully saturated rings. The number of nitrogens with zero attached hydrogens (tertiary/aromatic N) is 1. The van der Waals surface area contributed by atoms with E-state index in [4.69, 9.17) is 25.6 Å². The normalized spacial score (nSPS) is 16.5. The maximum absolute atomic E-state index is 13.5. The number of ketones is 1. The summed E-state index contributed by atoms with van der Waals surface area (Å²) in [6.07, 6.45) is 0. The molecular weight excluding hydrogens is 496 g/mol. The lowest BCUT2D eigenvalue weighted by molar-refractivity contribution is -0.117. The van der Waals surface area contributed by atoms with E-state index in [1.807, 2.05) is 0 Å². The van der Waals surface area contributed by atoms with Gasteiger partial charge in [-0.3, -0.25) is 14.5 Å². The third kappa shape index (κ3) is 3.91. The zero-order valence-corrected chi connectivity index (χ0v) is 19.6. The lowest BCUT2D eigenvalue weighted by atomic mass is 9.99. The number of halogens is 1. The summed E-state index contributed by atoms with van der Waals surface area (Å²) in [6.45, 7) is 1.69. The highest BCUT2D eigenvalue weighted by Crippen LogP contribution is 2.43. The number of primary sulfonamides is 1. The summed E-state index contributed by atoms with van der Waals surface area (Å²) in [5.74, 6) is -1.72. The molecule has 3 heterocycles. The van der Waals surface area contributed by atoms with Gasteiger partial charge in [0.05, 0.1) is 10.5 Å². The smallest absolute Gasteiger partial charge is 0.294 e. The molecule has 0 bridgehead atoms. The van der Waals surface area contributed by atoms with E-state index in [9.17, 15) is 23.1 Å². The van der Waals surface area contributed by atoms with Crippen LogP contribution < -0.4 is 10.0 Å². The number of sulfonamides is 1. The first-order valence-electron chi connectivity index (χ1n) is 10.2. The number of amides is 1. The Balaban J connectivity index is 1.63. The van der Waals surface area contributed by atoms with Crippen molar-refractivity contribution in [2.75, 3.05) is 4.90 Å². The highest BCUT2D eigenvalue weighted by Gasteiger charge is 2.47. The molecule has 1 aliphatic rings. The van der Waals surface area contributed by atoms with Gasteiger partial charge in [0, 0.05) is 16.1 Å². The summed E-state index contributed by atoms with van der Waals surface area (Å²) in [4.78, 5) is 27.7. The van der Waals surface area contributed by atoms with Crippen LogP contribution in [0.2, 0.25) is 5.02 Å². The first-order chi connectivity index (χ1) is 16.5. The van der Waals surface area contributed by atoms with Crippen LogP contribution in [0.25, 0.3) is 11.0 Å². The quantitative estimate of drug-likeness (QED) is 0.376. The number of anilines is 1. The van der Waals surface area contributed by atoms with Crippen molar-refractivity contribution in [3.63, 3.8) is 0 Å². The second kappa shape index (κ2) is 8.12. The molecule has 5 rings (SSSR count). The summed E-state index contributed by atoms with van der Waals surface area (Å²) in [6, 6.07) is 13.6.